The molecule has 1 aromatic carbocycles. The molecule has 0 spiro atoms. The quantitative estimate of drug-likeness (QED) is 0.872. The van der Waals surface area contributed by atoms with E-state index in [4.69, 9.17) is 4.52 Å². The fourth-order valence-corrected chi connectivity index (χ4v) is 2.79. The molecule has 1 aromatic heterocycles. The molecular formula is C15H17F2N3O. The largest absolute Gasteiger partial charge is 0.340 e. The van der Waals surface area contributed by atoms with E-state index in [9.17, 15) is 8.78 Å². The molecule has 21 heavy (non-hydrogen) atoms. The van der Waals surface area contributed by atoms with Crippen molar-refractivity contribution in [2.75, 3.05) is 13.1 Å². The lowest BCUT2D eigenvalue weighted by molar-refractivity contribution is 0.194. The Labute approximate surface area is 121 Å². The average molecular weight is 293 g/mol. The fraction of sp³-hybridized carbons (Fsp3) is 0.467. The van der Waals surface area contributed by atoms with Crippen molar-refractivity contribution in [3.05, 3.63) is 47.1 Å². The Morgan fingerprint density at radius 3 is 2.90 bits per heavy atom. The lowest BCUT2D eigenvalue weighted by atomic mass is 9.97. The van der Waals surface area contributed by atoms with Gasteiger partial charge in [0.25, 0.3) is 0 Å². The van der Waals surface area contributed by atoms with Gasteiger partial charge in [0.05, 0.1) is 0 Å². The van der Waals surface area contributed by atoms with Crippen LogP contribution in [0.4, 0.5) is 8.78 Å². The molecule has 0 saturated carbocycles. The third-order valence-electron chi connectivity index (χ3n) is 3.80. The lowest BCUT2D eigenvalue weighted by Crippen LogP contribution is -2.34. The Morgan fingerprint density at radius 1 is 1.33 bits per heavy atom. The van der Waals surface area contributed by atoms with Gasteiger partial charge in [-0.1, -0.05) is 11.2 Å². The minimum atomic E-state index is -0.808. The molecule has 1 fully saturated rings. The molecule has 6 heteroatoms. The van der Waals surface area contributed by atoms with Gasteiger partial charge in [0.15, 0.2) is 17.5 Å². The number of hydrogen-bond acceptors (Lipinski definition) is 4. The van der Waals surface area contributed by atoms with E-state index in [-0.39, 0.29) is 5.92 Å². The van der Waals surface area contributed by atoms with Gasteiger partial charge in [-0.2, -0.15) is 4.98 Å². The van der Waals surface area contributed by atoms with E-state index in [2.05, 4.69) is 15.0 Å². The standard InChI is InChI=1S/C15H17F2N3O/c1-10-18-15(19-21-10)12-3-2-6-20(9-12)8-11-4-5-13(16)14(17)7-11/h4-5,7,12H,2-3,6,8-9H2,1H3. The van der Waals surface area contributed by atoms with Crippen LogP contribution < -0.4 is 0 Å². The van der Waals surface area contributed by atoms with Crippen LogP contribution in [0.15, 0.2) is 22.7 Å². The summed E-state index contributed by atoms with van der Waals surface area (Å²) < 4.78 is 31.2. The summed E-state index contributed by atoms with van der Waals surface area (Å²) in [4.78, 5) is 6.50. The maximum absolute atomic E-state index is 13.3. The monoisotopic (exact) mass is 293 g/mol. The van der Waals surface area contributed by atoms with Crippen LogP contribution in [0.25, 0.3) is 0 Å². The first-order valence-electron chi connectivity index (χ1n) is 7.08. The van der Waals surface area contributed by atoms with E-state index < -0.39 is 11.6 Å². The predicted octanol–water partition coefficient (Wildman–Crippen LogP) is 3.04. The van der Waals surface area contributed by atoms with Crippen LogP contribution in [0.1, 0.15) is 36.0 Å². The van der Waals surface area contributed by atoms with Gasteiger partial charge in [-0.3, -0.25) is 4.90 Å². The molecule has 1 atom stereocenters. The highest BCUT2D eigenvalue weighted by Crippen LogP contribution is 2.26. The number of hydrogen-bond donors (Lipinski definition) is 0. The number of aromatic nitrogens is 2. The SMILES string of the molecule is Cc1nc(C2CCCN(Cc3ccc(F)c(F)c3)C2)no1. The summed E-state index contributed by atoms with van der Waals surface area (Å²) in [6.45, 7) is 4.12. The molecular weight excluding hydrogens is 276 g/mol. The maximum Gasteiger partial charge on any atom is 0.223 e. The first kappa shape index (κ1) is 14.1. The molecule has 1 aliphatic rings. The number of benzene rings is 1. The molecule has 0 radical (unpaired) electrons. The van der Waals surface area contributed by atoms with Crippen molar-refractivity contribution >= 4 is 0 Å². The van der Waals surface area contributed by atoms with E-state index in [0.717, 1.165) is 37.3 Å². The zero-order valence-corrected chi connectivity index (χ0v) is 11.9. The van der Waals surface area contributed by atoms with Crippen molar-refractivity contribution in [2.45, 2.75) is 32.2 Å². The van der Waals surface area contributed by atoms with Crippen molar-refractivity contribution in [1.29, 1.82) is 0 Å². The molecule has 1 saturated heterocycles. The van der Waals surface area contributed by atoms with Gasteiger partial charge in [0.2, 0.25) is 5.89 Å². The summed E-state index contributed by atoms with van der Waals surface area (Å²) in [7, 11) is 0. The van der Waals surface area contributed by atoms with E-state index >= 15 is 0 Å². The molecule has 0 bridgehead atoms. The van der Waals surface area contributed by atoms with Crippen molar-refractivity contribution < 1.29 is 13.3 Å². The molecule has 0 amide bonds. The van der Waals surface area contributed by atoms with Gasteiger partial charge in [-0.05, 0) is 37.1 Å². The Bertz CT molecular complexity index is 629. The Hall–Kier alpha value is -1.82. The van der Waals surface area contributed by atoms with E-state index in [1.807, 2.05) is 0 Å². The van der Waals surface area contributed by atoms with Crippen LogP contribution in [-0.2, 0) is 6.54 Å². The molecule has 2 aromatic rings. The van der Waals surface area contributed by atoms with Gasteiger partial charge in [0.1, 0.15) is 0 Å². The second-order valence-corrected chi connectivity index (χ2v) is 5.49. The molecule has 1 aliphatic heterocycles. The topological polar surface area (TPSA) is 42.2 Å². The Kier molecular flexibility index (Phi) is 3.96. The number of likely N-dealkylation sites (tertiary alicyclic amines) is 1. The number of rotatable bonds is 3. The second kappa shape index (κ2) is 5.89. The highest BCUT2D eigenvalue weighted by molar-refractivity contribution is 5.18. The third-order valence-corrected chi connectivity index (χ3v) is 3.80. The van der Waals surface area contributed by atoms with Gasteiger partial charge in [-0.15, -0.1) is 0 Å². The van der Waals surface area contributed by atoms with E-state index in [1.54, 1.807) is 13.0 Å². The van der Waals surface area contributed by atoms with Gasteiger partial charge < -0.3 is 4.52 Å². The number of aryl methyl sites for hydroxylation is 1. The minimum Gasteiger partial charge on any atom is -0.340 e. The molecule has 0 N–H and O–H groups in total. The lowest BCUT2D eigenvalue weighted by Gasteiger charge is -2.31. The zero-order chi connectivity index (χ0) is 14.8. The van der Waals surface area contributed by atoms with Crippen molar-refractivity contribution in [2.24, 2.45) is 0 Å². The number of nitrogens with zero attached hydrogens (tertiary/aromatic N) is 3. The first-order chi connectivity index (χ1) is 10.1. The van der Waals surface area contributed by atoms with Crippen LogP contribution >= 0.6 is 0 Å². The maximum atomic E-state index is 13.3. The summed E-state index contributed by atoms with van der Waals surface area (Å²) in [6, 6.07) is 4.06. The normalized spacial score (nSPS) is 19.9. The average Bonchev–Trinajstić information content (AvgIpc) is 2.90. The summed E-state index contributed by atoms with van der Waals surface area (Å²) in [6.07, 6.45) is 2.05. The van der Waals surface area contributed by atoms with Gasteiger partial charge in [0, 0.05) is 25.9 Å². The molecule has 2 heterocycles. The van der Waals surface area contributed by atoms with Crippen molar-refractivity contribution in [3.63, 3.8) is 0 Å². The second-order valence-electron chi connectivity index (χ2n) is 5.49. The first-order valence-corrected chi connectivity index (χ1v) is 7.08. The molecule has 112 valence electrons. The highest BCUT2D eigenvalue weighted by atomic mass is 19.2. The molecule has 3 rings (SSSR count). The predicted molar refractivity (Wildman–Crippen MR) is 72.6 cm³/mol. The molecule has 0 aliphatic carbocycles. The van der Waals surface area contributed by atoms with E-state index in [0.29, 0.717) is 12.4 Å². The smallest absolute Gasteiger partial charge is 0.223 e. The molecule has 1 unspecified atom stereocenters. The van der Waals surface area contributed by atoms with Crippen LogP contribution in [-0.4, -0.2) is 28.1 Å². The Balaban J connectivity index is 1.67. The molecule has 4 nitrogen and oxygen atoms in total. The van der Waals surface area contributed by atoms with Gasteiger partial charge >= 0.3 is 0 Å². The van der Waals surface area contributed by atoms with Crippen molar-refractivity contribution in [1.82, 2.24) is 15.0 Å². The van der Waals surface area contributed by atoms with Gasteiger partial charge in [-0.25, -0.2) is 8.78 Å². The fourth-order valence-electron chi connectivity index (χ4n) is 2.79. The van der Waals surface area contributed by atoms with Crippen LogP contribution in [0.2, 0.25) is 0 Å². The Morgan fingerprint density at radius 2 is 2.19 bits per heavy atom. The summed E-state index contributed by atoms with van der Waals surface area (Å²) in [5, 5.41) is 3.98. The van der Waals surface area contributed by atoms with Crippen LogP contribution in [0.3, 0.4) is 0 Å². The summed E-state index contributed by atoms with van der Waals surface area (Å²) in [5.74, 6) is -0.0564. The number of halogens is 2. The number of piperidine rings is 1. The summed E-state index contributed by atoms with van der Waals surface area (Å²) in [5.41, 5.74) is 0.777. The minimum absolute atomic E-state index is 0.237. The summed E-state index contributed by atoms with van der Waals surface area (Å²) >= 11 is 0. The zero-order valence-electron chi connectivity index (χ0n) is 11.9. The highest BCUT2D eigenvalue weighted by Gasteiger charge is 2.25. The van der Waals surface area contributed by atoms with E-state index in [1.165, 1.54) is 12.1 Å². The van der Waals surface area contributed by atoms with Crippen LogP contribution in [0.5, 0.6) is 0 Å². The third kappa shape index (κ3) is 3.26. The van der Waals surface area contributed by atoms with Crippen molar-refractivity contribution in [3.8, 4) is 0 Å². The van der Waals surface area contributed by atoms with Crippen LogP contribution in [0, 0.1) is 18.6 Å².